The Morgan fingerprint density at radius 1 is 1.16 bits per heavy atom. The van der Waals surface area contributed by atoms with Crippen molar-refractivity contribution in [3.05, 3.63) is 70.3 Å². The van der Waals surface area contributed by atoms with Crippen LogP contribution in [0.4, 0.5) is 5.69 Å². The number of quaternary nitrogens is 1. The van der Waals surface area contributed by atoms with Crippen molar-refractivity contribution in [2.75, 3.05) is 12.3 Å². The molecule has 0 amide bonds. The van der Waals surface area contributed by atoms with Crippen LogP contribution in [-0.2, 0) is 6.54 Å². The average Bonchev–Trinajstić information content (AvgIpc) is 3.11. The Hall–Kier alpha value is -2.78. The second-order valence-corrected chi connectivity index (χ2v) is 6.33. The smallest absolute Gasteiger partial charge is 0.269 e. The van der Waals surface area contributed by atoms with Crippen LogP contribution in [0.15, 0.2) is 59.8 Å². The largest absolute Gasteiger partial charge is 0.342 e. The molecule has 8 nitrogen and oxygen atoms in total. The Kier molecular flexibility index (Phi) is 5.70. The first kappa shape index (κ1) is 17.1. The number of nitro benzene ring substituents is 1. The fourth-order valence-corrected chi connectivity index (χ4v) is 3.12. The van der Waals surface area contributed by atoms with Crippen LogP contribution >= 0.6 is 11.8 Å². The van der Waals surface area contributed by atoms with Crippen molar-refractivity contribution in [3.63, 3.8) is 0 Å². The van der Waals surface area contributed by atoms with E-state index in [1.807, 2.05) is 36.4 Å². The molecule has 0 aliphatic heterocycles. The minimum absolute atomic E-state index is 0.127. The van der Waals surface area contributed by atoms with Gasteiger partial charge in [0.05, 0.1) is 22.9 Å². The SMILES string of the molecule is O=[N+]([O-])c1cccc(C[NH2+]CCSc2nnnn2-c2ccccc2)c1. The Morgan fingerprint density at radius 2 is 2.00 bits per heavy atom. The third-order valence-corrected chi connectivity index (χ3v) is 4.45. The molecule has 0 aliphatic rings. The molecule has 1 aromatic heterocycles. The van der Waals surface area contributed by atoms with Crippen LogP contribution in [0.1, 0.15) is 5.56 Å². The van der Waals surface area contributed by atoms with Gasteiger partial charge in [-0.25, -0.2) is 0 Å². The molecule has 0 saturated heterocycles. The number of para-hydroxylation sites is 1. The van der Waals surface area contributed by atoms with Crippen LogP contribution in [0, 0.1) is 10.1 Å². The third-order valence-electron chi connectivity index (χ3n) is 3.50. The molecule has 0 saturated carbocycles. The maximum absolute atomic E-state index is 10.8. The summed E-state index contributed by atoms with van der Waals surface area (Å²) in [6.45, 7) is 1.56. The molecule has 25 heavy (non-hydrogen) atoms. The van der Waals surface area contributed by atoms with E-state index < -0.39 is 0 Å². The third kappa shape index (κ3) is 4.61. The summed E-state index contributed by atoms with van der Waals surface area (Å²) >= 11 is 1.58. The highest BCUT2D eigenvalue weighted by molar-refractivity contribution is 7.99. The van der Waals surface area contributed by atoms with Crippen molar-refractivity contribution in [1.82, 2.24) is 20.2 Å². The predicted octanol–water partition coefficient (Wildman–Crippen LogP) is 1.43. The molecule has 3 rings (SSSR count). The van der Waals surface area contributed by atoms with Crippen molar-refractivity contribution < 1.29 is 10.2 Å². The minimum Gasteiger partial charge on any atom is -0.342 e. The maximum atomic E-state index is 10.8. The molecule has 9 heteroatoms. The molecule has 0 atom stereocenters. The second kappa shape index (κ2) is 8.36. The van der Waals surface area contributed by atoms with E-state index in [-0.39, 0.29) is 10.6 Å². The lowest BCUT2D eigenvalue weighted by molar-refractivity contribution is -0.666. The van der Waals surface area contributed by atoms with Crippen molar-refractivity contribution in [2.45, 2.75) is 11.7 Å². The van der Waals surface area contributed by atoms with Gasteiger partial charge in [0.1, 0.15) is 6.54 Å². The highest BCUT2D eigenvalue weighted by atomic mass is 32.2. The van der Waals surface area contributed by atoms with Gasteiger partial charge in [-0.05, 0) is 22.6 Å². The number of nitro groups is 1. The summed E-state index contributed by atoms with van der Waals surface area (Å²) in [5, 5.41) is 25.5. The number of nitrogens with two attached hydrogens (primary N) is 1. The lowest BCUT2D eigenvalue weighted by atomic mass is 10.2. The Morgan fingerprint density at radius 3 is 2.80 bits per heavy atom. The van der Waals surface area contributed by atoms with Crippen molar-refractivity contribution in [1.29, 1.82) is 0 Å². The van der Waals surface area contributed by atoms with Crippen LogP contribution in [0.25, 0.3) is 5.69 Å². The Balaban J connectivity index is 1.48. The molecule has 0 spiro atoms. The monoisotopic (exact) mass is 357 g/mol. The number of hydrogen-bond donors (Lipinski definition) is 1. The first-order valence-electron chi connectivity index (χ1n) is 7.75. The Labute approximate surface area is 148 Å². The molecule has 3 aromatic rings. The lowest BCUT2D eigenvalue weighted by Gasteiger charge is -2.04. The summed E-state index contributed by atoms with van der Waals surface area (Å²) in [6, 6.07) is 16.5. The van der Waals surface area contributed by atoms with Gasteiger partial charge in [0.15, 0.2) is 0 Å². The predicted molar refractivity (Wildman–Crippen MR) is 93.5 cm³/mol. The molecule has 2 aromatic carbocycles. The topological polar surface area (TPSA) is 103 Å². The van der Waals surface area contributed by atoms with Gasteiger partial charge in [0, 0.05) is 17.7 Å². The van der Waals surface area contributed by atoms with E-state index >= 15 is 0 Å². The number of thioether (sulfide) groups is 1. The zero-order chi connectivity index (χ0) is 17.5. The molecule has 0 unspecified atom stereocenters. The molecule has 1 heterocycles. The second-order valence-electron chi connectivity index (χ2n) is 5.27. The fourth-order valence-electron chi connectivity index (χ4n) is 2.30. The number of non-ortho nitro benzene ring substituents is 1. The zero-order valence-corrected chi connectivity index (χ0v) is 14.2. The number of tetrazole rings is 1. The summed E-state index contributed by atoms with van der Waals surface area (Å²) < 4.78 is 1.71. The molecule has 0 bridgehead atoms. The van der Waals surface area contributed by atoms with Crippen LogP contribution < -0.4 is 5.32 Å². The summed E-state index contributed by atoms with van der Waals surface area (Å²) in [5.41, 5.74) is 1.99. The normalized spacial score (nSPS) is 10.7. The molecule has 2 N–H and O–H groups in total. The van der Waals surface area contributed by atoms with Crippen molar-refractivity contribution >= 4 is 17.4 Å². The fraction of sp³-hybridized carbons (Fsp3) is 0.188. The van der Waals surface area contributed by atoms with Crippen molar-refractivity contribution in [2.24, 2.45) is 0 Å². The van der Waals surface area contributed by atoms with Crippen LogP contribution in [-0.4, -0.2) is 37.4 Å². The number of rotatable bonds is 8. The van der Waals surface area contributed by atoms with Gasteiger partial charge in [-0.2, -0.15) is 4.68 Å². The van der Waals surface area contributed by atoms with Crippen LogP contribution in [0.5, 0.6) is 0 Å². The maximum Gasteiger partial charge on any atom is 0.269 e. The van der Waals surface area contributed by atoms with Gasteiger partial charge >= 0.3 is 0 Å². The number of hydrogen-bond acceptors (Lipinski definition) is 6. The van der Waals surface area contributed by atoms with E-state index in [1.165, 1.54) is 6.07 Å². The molecular formula is C16H17N6O2S+. The van der Waals surface area contributed by atoms with Gasteiger partial charge in [-0.15, -0.1) is 5.10 Å². The zero-order valence-electron chi connectivity index (χ0n) is 13.4. The van der Waals surface area contributed by atoms with E-state index in [0.29, 0.717) is 6.54 Å². The molecule has 0 aliphatic carbocycles. The molecule has 128 valence electrons. The van der Waals surface area contributed by atoms with E-state index in [0.717, 1.165) is 28.7 Å². The first-order valence-corrected chi connectivity index (χ1v) is 8.74. The Bertz CT molecular complexity index is 839. The average molecular weight is 357 g/mol. The summed E-state index contributed by atoms with van der Waals surface area (Å²) in [5.74, 6) is 0.835. The van der Waals surface area contributed by atoms with Gasteiger partial charge in [0.25, 0.3) is 5.69 Å². The van der Waals surface area contributed by atoms with Crippen LogP contribution in [0.3, 0.4) is 0 Å². The first-order chi connectivity index (χ1) is 12.2. The van der Waals surface area contributed by atoms with Gasteiger partial charge < -0.3 is 5.32 Å². The summed E-state index contributed by atoms with van der Waals surface area (Å²) in [4.78, 5) is 10.4. The minimum atomic E-state index is -0.372. The quantitative estimate of drug-likeness (QED) is 0.283. The van der Waals surface area contributed by atoms with Crippen LogP contribution in [0.2, 0.25) is 0 Å². The van der Waals surface area contributed by atoms with Crippen molar-refractivity contribution in [3.8, 4) is 5.69 Å². The highest BCUT2D eigenvalue weighted by Crippen LogP contribution is 2.17. The standard InChI is InChI=1S/C16H16N6O2S/c23-22(24)15-8-4-5-13(11-15)12-17-9-10-25-16-18-19-20-21(16)14-6-2-1-3-7-14/h1-8,11,17H,9-10,12H2/p+1. The lowest BCUT2D eigenvalue weighted by Crippen LogP contribution is -2.83. The number of benzene rings is 2. The van der Waals surface area contributed by atoms with Gasteiger partial charge in [0.2, 0.25) is 5.16 Å². The van der Waals surface area contributed by atoms with E-state index in [2.05, 4.69) is 20.8 Å². The highest BCUT2D eigenvalue weighted by Gasteiger charge is 2.09. The number of nitrogens with zero attached hydrogens (tertiary/aromatic N) is 5. The number of aromatic nitrogens is 4. The molecule has 0 fully saturated rings. The summed E-state index contributed by atoms with van der Waals surface area (Å²) in [7, 11) is 0. The van der Waals surface area contributed by atoms with Gasteiger partial charge in [-0.3, -0.25) is 10.1 Å². The van der Waals surface area contributed by atoms with Gasteiger partial charge in [-0.1, -0.05) is 42.1 Å². The van der Waals surface area contributed by atoms with E-state index in [4.69, 9.17) is 0 Å². The molecular weight excluding hydrogens is 340 g/mol. The molecule has 0 radical (unpaired) electrons. The van der Waals surface area contributed by atoms with E-state index in [1.54, 1.807) is 28.6 Å². The van der Waals surface area contributed by atoms with E-state index in [9.17, 15) is 10.1 Å². The summed E-state index contributed by atoms with van der Waals surface area (Å²) in [6.07, 6.45) is 0.